The summed E-state index contributed by atoms with van der Waals surface area (Å²) in [5.41, 5.74) is 0.899. The number of carbonyl (C=O) groups is 2. The van der Waals surface area contributed by atoms with Crippen LogP contribution in [-0.2, 0) is 10.0 Å². The highest BCUT2D eigenvalue weighted by molar-refractivity contribution is 7.89. The molecule has 0 saturated carbocycles. The van der Waals surface area contributed by atoms with Crippen molar-refractivity contribution in [3.8, 4) is 11.5 Å². The molecule has 0 unspecified atom stereocenters. The summed E-state index contributed by atoms with van der Waals surface area (Å²) in [6.45, 7) is 3.44. The molecule has 3 N–H and O–H groups in total. The maximum atomic E-state index is 13.7. The van der Waals surface area contributed by atoms with Gasteiger partial charge in [-0.3, -0.25) is 4.79 Å². The number of hydrogen-bond donors (Lipinski definition) is 3. The van der Waals surface area contributed by atoms with Crippen LogP contribution < -0.4 is 20.1 Å². The molecule has 4 rings (SSSR count). The molecule has 0 bridgehead atoms. The van der Waals surface area contributed by atoms with E-state index in [4.69, 9.17) is 21.1 Å². The van der Waals surface area contributed by atoms with Crippen molar-refractivity contribution in [1.29, 1.82) is 0 Å². The summed E-state index contributed by atoms with van der Waals surface area (Å²) < 4.78 is 39.5. The summed E-state index contributed by atoms with van der Waals surface area (Å²) >= 11 is 5.95. The van der Waals surface area contributed by atoms with Crippen molar-refractivity contribution >= 4 is 44.9 Å². The smallest absolute Gasteiger partial charge is 0.323 e. The third kappa shape index (κ3) is 7.39. The van der Waals surface area contributed by atoms with Crippen LogP contribution in [0.5, 0.6) is 11.5 Å². The van der Waals surface area contributed by atoms with Gasteiger partial charge in [-0.1, -0.05) is 24.6 Å². The molecule has 43 heavy (non-hydrogen) atoms. The second kappa shape index (κ2) is 13.6. The SMILES string of the molecule is COc1ccc(NC(=O)Nc2cccc3c2O[C@H](CN(C)S(=O)(=O)c2ccc(Cl)cc2)[C@@H](C)CN([C@@H](C)CO)C3=O)cc1. The van der Waals surface area contributed by atoms with Gasteiger partial charge in [0.2, 0.25) is 10.0 Å². The first kappa shape index (κ1) is 32.1. The lowest BCUT2D eigenvalue weighted by Crippen LogP contribution is -2.50. The van der Waals surface area contributed by atoms with E-state index in [2.05, 4.69) is 10.6 Å². The van der Waals surface area contributed by atoms with Crippen LogP contribution >= 0.6 is 11.6 Å². The number of carbonyl (C=O) groups excluding carboxylic acids is 2. The fourth-order valence-electron chi connectivity index (χ4n) is 4.66. The number of aliphatic hydroxyl groups excluding tert-OH is 1. The Morgan fingerprint density at radius 3 is 2.44 bits per heavy atom. The van der Waals surface area contributed by atoms with E-state index in [1.165, 1.54) is 40.5 Å². The van der Waals surface area contributed by atoms with Crippen molar-refractivity contribution in [3.05, 3.63) is 77.3 Å². The number of urea groups is 1. The van der Waals surface area contributed by atoms with E-state index < -0.39 is 28.2 Å². The van der Waals surface area contributed by atoms with E-state index >= 15 is 0 Å². The minimum atomic E-state index is -3.91. The zero-order valence-corrected chi connectivity index (χ0v) is 25.9. The number of para-hydroxylation sites is 1. The normalized spacial score (nSPS) is 17.7. The Kier molecular flexibility index (Phi) is 10.2. The molecule has 1 aliphatic heterocycles. The van der Waals surface area contributed by atoms with Crippen molar-refractivity contribution in [2.45, 2.75) is 30.9 Å². The van der Waals surface area contributed by atoms with Gasteiger partial charge in [-0.05, 0) is 67.6 Å². The number of benzene rings is 3. The number of amides is 3. The van der Waals surface area contributed by atoms with Gasteiger partial charge in [0.15, 0.2) is 5.75 Å². The van der Waals surface area contributed by atoms with E-state index in [9.17, 15) is 23.1 Å². The topological polar surface area (TPSA) is 138 Å². The summed E-state index contributed by atoms with van der Waals surface area (Å²) in [5.74, 6) is -0.0214. The van der Waals surface area contributed by atoms with Crippen LogP contribution in [0.1, 0.15) is 24.2 Å². The van der Waals surface area contributed by atoms with Gasteiger partial charge < -0.3 is 30.1 Å². The fourth-order valence-corrected chi connectivity index (χ4v) is 5.97. The quantitative estimate of drug-likeness (QED) is 0.316. The predicted molar refractivity (Wildman–Crippen MR) is 165 cm³/mol. The van der Waals surface area contributed by atoms with Crippen LogP contribution in [0, 0.1) is 5.92 Å². The molecule has 1 aliphatic rings. The predicted octanol–water partition coefficient (Wildman–Crippen LogP) is 4.53. The summed E-state index contributed by atoms with van der Waals surface area (Å²) in [6, 6.07) is 16.3. The van der Waals surface area contributed by atoms with Crippen molar-refractivity contribution < 1.29 is 32.6 Å². The summed E-state index contributed by atoms with van der Waals surface area (Å²) in [5, 5.41) is 15.8. The number of hydrogen-bond acceptors (Lipinski definition) is 7. The Bertz CT molecular complexity index is 1550. The Balaban J connectivity index is 1.67. The summed E-state index contributed by atoms with van der Waals surface area (Å²) in [7, 11) is -0.913. The lowest BCUT2D eigenvalue weighted by Gasteiger charge is -2.38. The number of rotatable bonds is 9. The Hall–Kier alpha value is -3.84. The second-order valence-electron chi connectivity index (χ2n) is 10.4. The van der Waals surface area contributed by atoms with Crippen molar-refractivity contribution in [2.75, 3.05) is 44.5 Å². The van der Waals surface area contributed by atoms with Gasteiger partial charge in [0.25, 0.3) is 5.91 Å². The molecular formula is C30H35ClN4O7S. The van der Waals surface area contributed by atoms with Gasteiger partial charge in [0, 0.05) is 30.2 Å². The maximum absolute atomic E-state index is 13.7. The molecule has 13 heteroatoms. The highest BCUT2D eigenvalue weighted by Crippen LogP contribution is 2.35. The van der Waals surface area contributed by atoms with Crippen LogP contribution in [0.15, 0.2) is 71.6 Å². The molecule has 3 atom stereocenters. The number of nitrogens with zero attached hydrogens (tertiary/aromatic N) is 2. The number of fused-ring (bicyclic) bond motifs is 1. The second-order valence-corrected chi connectivity index (χ2v) is 12.8. The van der Waals surface area contributed by atoms with Crippen LogP contribution in [0.4, 0.5) is 16.2 Å². The summed E-state index contributed by atoms with van der Waals surface area (Å²) in [4.78, 5) is 28.3. The monoisotopic (exact) mass is 630 g/mol. The Labute approximate surface area is 256 Å². The molecule has 3 aromatic carbocycles. The first-order valence-electron chi connectivity index (χ1n) is 13.6. The van der Waals surface area contributed by atoms with Crippen LogP contribution in [0.2, 0.25) is 5.02 Å². The molecule has 0 aliphatic carbocycles. The molecule has 230 valence electrons. The first-order valence-corrected chi connectivity index (χ1v) is 15.4. The van der Waals surface area contributed by atoms with Crippen molar-refractivity contribution in [3.63, 3.8) is 0 Å². The minimum Gasteiger partial charge on any atom is -0.497 e. The van der Waals surface area contributed by atoms with E-state index in [1.54, 1.807) is 56.5 Å². The van der Waals surface area contributed by atoms with Gasteiger partial charge in [-0.2, -0.15) is 4.31 Å². The van der Waals surface area contributed by atoms with Crippen LogP contribution in [0.3, 0.4) is 0 Å². The van der Waals surface area contributed by atoms with Gasteiger partial charge in [-0.15, -0.1) is 0 Å². The molecule has 3 aromatic rings. The summed E-state index contributed by atoms with van der Waals surface area (Å²) in [6.07, 6.45) is -0.736. The number of ether oxygens (including phenoxy) is 2. The number of likely N-dealkylation sites (N-methyl/N-ethyl adjacent to an activating group) is 1. The molecule has 1 heterocycles. The van der Waals surface area contributed by atoms with Gasteiger partial charge in [0.1, 0.15) is 11.9 Å². The highest BCUT2D eigenvalue weighted by Gasteiger charge is 2.36. The van der Waals surface area contributed by atoms with E-state index in [0.717, 1.165) is 0 Å². The first-order chi connectivity index (χ1) is 20.4. The molecule has 0 saturated heterocycles. The highest BCUT2D eigenvalue weighted by atomic mass is 35.5. The molecule has 0 fully saturated rings. The average molecular weight is 631 g/mol. The molecule has 0 radical (unpaired) electrons. The lowest BCUT2D eigenvalue weighted by molar-refractivity contribution is 0.0389. The van der Waals surface area contributed by atoms with E-state index in [-0.39, 0.29) is 53.4 Å². The molecule has 0 spiro atoms. The molecule has 11 nitrogen and oxygen atoms in total. The van der Waals surface area contributed by atoms with Gasteiger partial charge in [0.05, 0.1) is 42.4 Å². The molecule has 0 aromatic heterocycles. The number of nitrogens with one attached hydrogen (secondary N) is 2. The third-order valence-electron chi connectivity index (χ3n) is 7.25. The van der Waals surface area contributed by atoms with Crippen LogP contribution in [-0.4, -0.2) is 80.7 Å². The number of methoxy groups -OCH3 is 1. The Morgan fingerprint density at radius 1 is 1.14 bits per heavy atom. The number of halogens is 1. The van der Waals surface area contributed by atoms with Crippen molar-refractivity contribution in [1.82, 2.24) is 9.21 Å². The number of aliphatic hydroxyl groups is 1. The number of sulfonamides is 1. The lowest BCUT2D eigenvalue weighted by atomic mass is 9.99. The van der Waals surface area contributed by atoms with E-state index in [1.807, 2.05) is 6.92 Å². The van der Waals surface area contributed by atoms with Crippen LogP contribution in [0.25, 0.3) is 0 Å². The average Bonchev–Trinajstić information content (AvgIpc) is 2.99. The maximum Gasteiger partial charge on any atom is 0.323 e. The fraction of sp³-hybridized carbons (Fsp3) is 0.333. The number of anilines is 2. The molecular weight excluding hydrogens is 596 g/mol. The Morgan fingerprint density at radius 2 is 1.81 bits per heavy atom. The molecule has 3 amide bonds. The standard InChI is InChI=1S/C30H35ClN4O7S/c1-19-16-35(20(2)18-36)29(37)25-6-5-7-26(33-30(38)32-22-10-12-23(41-4)13-11-22)28(25)42-27(19)17-34(3)43(39,40)24-14-8-21(31)9-15-24/h5-15,19-20,27,36H,16-18H2,1-4H3,(H2,32,33,38)/t19-,20-,27+/m0/s1. The van der Waals surface area contributed by atoms with Gasteiger partial charge in [-0.25, -0.2) is 13.2 Å². The van der Waals surface area contributed by atoms with Gasteiger partial charge >= 0.3 is 6.03 Å². The zero-order valence-electron chi connectivity index (χ0n) is 24.3. The largest absolute Gasteiger partial charge is 0.497 e. The zero-order chi connectivity index (χ0) is 31.3. The van der Waals surface area contributed by atoms with E-state index in [0.29, 0.717) is 16.5 Å². The third-order valence-corrected chi connectivity index (χ3v) is 9.34. The van der Waals surface area contributed by atoms with Crippen molar-refractivity contribution in [2.24, 2.45) is 5.92 Å². The minimum absolute atomic E-state index is 0.0620.